The van der Waals surface area contributed by atoms with Crippen LogP contribution >= 0.6 is 34.8 Å². The number of nitrogens with one attached hydrogen (secondary N) is 1. The summed E-state index contributed by atoms with van der Waals surface area (Å²) < 4.78 is 11.3. The molecule has 0 saturated carbocycles. The SMILES string of the molecule is CC1C(CN(C)Cc2ccccc2)OC(c2ccc(-c3cccc(CNC(=O)C(Cl)(Cl)Cl)c3)cc2)OC1c1ccc(CO)cc1. The molecule has 1 saturated heterocycles. The molecule has 4 aromatic rings. The third kappa shape index (κ3) is 8.87. The molecule has 1 aliphatic heterocycles. The van der Waals surface area contributed by atoms with Crippen LogP contribution in [-0.2, 0) is 34.0 Å². The highest BCUT2D eigenvalue weighted by Gasteiger charge is 2.39. The quantitative estimate of drug-likeness (QED) is 0.169. The summed E-state index contributed by atoms with van der Waals surface area (Å²) in [4.78, 5) is 14.3. The molecule has 0 bridgehead atoms. The lowest BCUT2D eigenvalue weighted by molar-refractivity contribution is -0.276. The van der Waals surface area contributed by atoms with Gasteiger partial charge in [0.15, 0.2) is 6.29 Å². The van der Waals surface area contributed by atoms with Crippen molar-refractivity contribution in [3.05, 3.63) is 131 Å². The van der Waals surface area contributed by atoms with Crippen LogP contribution in [0, 0.1) is 5.92 Å². The van der Waals surface area contributed by atoms with Crippen molar-refractivity contribution in [3.8, 4) is 11.1 Å². The number of ether oxygens (including phenoxy) is 2. The van der Waals surface area contributed by atoms with E-state index in [2.05, 4.69) is 48.5 Å². The molecule has 4 atom stereocenters. The summed E-state index contributed by atoms with van der Waals surface area (Å²) in [5.41, 5.74) is 6.96. The molecule has 45 heavy (non-hydrogen) atoms. The first-order valence-corrected chi connectivity index (χ1v) is 16.0. The van der Waals surface area contributed by atoms with Crippen molar-refractivity contribution in [1.29, 1.82) is 0 Å². The van der Waals surface area contributed by atoms with Gasteiger partial charge in [-0.1, -0.05) is 139 Å². The van der Waals surface area contributed by atoms with Crippen molar-refractivity contribution in [3.63, 3.8) is 0 Å². The van der Waals surface area contributed by atoms with Crippen molar-refractivity contribution < 1.29 is 19.4 Å². The molecular formula is C36H37Cl3N2O4. The lowest BCUT2D eigenvalue weighted by Gasteiger charge is -2.42. The van der Waals surface area contributed by atoms with Crippen LogP contribution in [0.3, 0.4) is 0 Å². The molecule has 1 amide bonds. The Morgan fingerprint density at radius 2 is 1.49 bits per heavy atom. The maximum atomic E-state index is 12.0. The molecule has 0 aromatic heterocycles. The van der Waals surface area contributed by atoms with Crippen LogP contribution in [0.4, 0.5) is 0 Å². The number of halogens is 3. The number of aliphatic hydroxyl groups excluding tert-OH is 1. The predicted molar refractivity (Wildman–Crippen MR) is 180 cm³/mol. The number of carbonyl (C=O) groups excluding carboxylic acids is 1. The van der Waals surface area contributed by atoms with Crippen LogP contribution in [0.15, 0.2) is 103 Å². The van der Waals surface area contributed by atoms with Crippen molar-refractivity contribution in [2.75, 3.05) is 13.6 Å². The van der Waals surface area contributed by atoms with Gasteiger partial charge in [0.1, 0.15) is 0 Å². The van der Waals surface area contributed by atoms with Crippen LogP contribution in [0.1, 0.15) is 47.1 Å². The highest BCUT2D eigenvalue weighted by molar-refractivity contribution is 6.76. The smallest absolute Gasteiger partial charge is 0.272 e. The van der Waals surface area contributed by atoms with Crippen LogP contribution in [0.5, 0.6) is 0 Å². The van der Waals surface area contributed by atoms with E-state index in [4.69, 9.17) is 44.3 Å². The number of nitrogens with zero attached hydrogens (tertiary/aromatic N) is 1. The predicted octanol–water partition coefficient (Wildman–Crippen LogP) is 7.76. The number of rotatable bonds is 10. The molecule has 5 rings (SSSR count). The van der Waals surface area contributed by atoms with Gasteiger partial charge in [-0.2, -0.15) is 0 Å². The fraction of sp³-hybridized carbons (Fsp3) is 0.306. The van der Waals surface area contributed by atoms with Gasteiger partial charge in [-0.25, -0.2) is 0 Å². The first-order valence-electron chi connectivity index (χ1n) is 14.9. The Kier molecular flexibility index (Phi) is 11.2. The molecule has 4 aromatic carbocycles. The molecule has 1 aliphatic rings. The van der Waals surface area contributed by atoms with Crippen LogP contribution in [0.25, 0.3) is 11.1 Å². The topological polar surface area (TPSA) is 71.0 Å². The van der Waals surface area contributed by atoms with Crippen molar-refractivity contribution in [2.45, 2.75) is 48.9 Å². The lowest BCUT2D eigenvalue weighted by atomic mass is 9.90. The Morgan fingerprint density at radius 3 is 2.16 bits per heavy atom. The van der Waals surface area contributed by atoms with E-state index in [1.807, 2.05) is 78.9 Å². The third-order valence-electron chi connectivity index (χ3n) is 8.06. The fourth-order valence-electron chi connectivity index (χ4n) is 5.57. The standard InChI is InChI=1S/C36H37Cl3N2O4/c1-24-32(22-41(2)21-25-7-4-3-5-8-25)44-34(45-33(24)29-13-11-26(23-42)12-14-29)30-17-15-28(16-18-30)31-10-6-9-27(19-31)20-40-35(43)36(37,38)39/h3-19,24,32-34,42H,20-23H2,1-2H3,(H,40,43). The fourth-order valence-corrected chi connectivity index (χ4v) is 5.77. The molecule has 0 spiro atoms. The number of amides is 1. The third-order valence-corrected chi connectivity index (χ3v) is 8.58. The summed E-state index contributed by atoms with van der Waals surface area (Å²) in [6, 6.07) is 34.4. The summed E-state index contributed by atoms with van der Waals surface area (Å²) in [6.07, 6.45) is -0.832. The van der Waals surface area contributed by atoms with Gasteiger partial charge in [0.2, 0.25) is 0 Å². The van der Waals surface area contributed by atoms with E-state index in [9.17, 15) is 9.90 Å². The minimum absolute atomic E-state index is 0.00114. The van der Waals surface area contributed by atoms with E-state index in [1.54, 1.807) is 0 Å². The van der Waals surface area contributed by atoms with Gasteiger partial charge in [-0.15, -0.1) is 0 Å². The summed E-state index contributed by atoms with van der Waals surface area (Å²) in [7, 11) is 2.12. The Hall–Kier alpha value is -2.94. The van der Waals surface area contributed by atoms with E-state index in [0.717, 1.165) is 46.5 Å². The zero-order valence-electron chi connectivity index (χ0n) is 25.2. The minimum Gasteiger partial charge on any atom is -0.392 e. The summed E-state index contributed by atoms with van der Waals surface area (Å²) in [6.45, 7) is 3.96. The number of hydrogen-bond donors (Lipinski definition) is 2. The second-order valence-electron chi connectivity index (χ2n) is 11.5. The normalized spacial score (nSPS) is 20.2. The molecule has 236 valence electrons. The average Bonchev–Trinajstić information content (AvgIpc) is 3.05. The van der Waals surface area contributed by atoms with E-state index in [0.29, 0.717) is 0 Å². The number of likely N-dealkylation sites (N-methyl/N-ethyl adjacent to an activating group) is 1. The number of hydrogen-bond acceptors (Lipinski definition) is 5. The molecule has 0 aliphatic carbocycles. The number of benzene rings is 4. The molecule has 6 nitrogen and oxygen atoms in total. The monoisotopic (exact) mass is 666 g/mol. The van der Waals surface area contributed by atoms with Crippen molar-refractivity contribution >= 4 is 40.7 Å². The van der Waals surface area contributed by atoms with E-state index in [1.165, 1.54) is 5.56 Å². The van der Waals surface area contributed by atoms with Gasteiger partial charge in [0.25, 0.3) is 9.70 Å². The molecule has 4 unspecified atom stereocenters. The van der Waals surface area contributed by atoms with Crippen LogP contribution in [-0.4, -0.2) is 39.4 Å². The van der Waals surface area contributed by atoms with Gasteiger partial charge in [-0.05, 0) is 46.5 Å². The zero-order valence-corrected chi connectivity index (χ0v) is 27.5. The van der Waals surface area contributed by atoms with E-state index in [-0.39, 0.29) is 31.3 Å². The van der Waals surface area contributed by atoms with Crippen molar-refractivity contribution in [2.24, 2.45) is 5.92 Å². The van der Waals surface area contributed by atoms with E-state index < -0.39 is 16.0 Å². The molecule has 0 radical (unpaired) electrons. The van der Waals surface area contributed by atoms with Gasteiger partial charge >= 0.3 is 0 Å². The summed E-state index contributed by atoms with van der Waals surface area (Å²) in [5.74, 6) is -0.584. The maximum Gasteiger partial charge on any atom is 0.272 e. The van der Waals surface area contributed by atoms with Crippen LogP contribution < -0.4 is 5.32 Å². The Bertz CT molecular complexity index is 1550. The van der Waals surface area contributed by atoms with Gasteiger partial charge in [0, 0.05) is 31.1 Å². The Balaban J connectivity index is 1.34. The summed E-state index contributed by atoms with van der Waals surface area (Å²) in [5, 5.41) is 12.2. The first kappa shape index (κ1) is 33.4. The van der Waals surface area contributed by atoms with Crippen molar-refractivity contribution in [1.82, 2.24) is 10.2 Å². The highest BCUT2D eigenvalue weighted by Crippen LogP contribution is 2.42. The van der Waals surface area contributed by atoms with E-state index >= 15 is 0 Å². The lowest BCUT2D eigenvalue weighted by Crippen LogP contribution is -2.43. The second kappa shape index (κ2) is 15.1. The maximum absolute atomic E-state index is 12.0. The molecule has 1 heterocycles. The molecular weight excluding hydrogens is 631 g/mol. The summed E-state index contributed by atoms with van der Waals surface area (Å²) >= 11 is 17.0. The molecule has 9 heteroatoms. The number of aliphatic hydroxyl groups is 1. The highest BCUT2D eigenvalue weighted by atomic mass is 35.6. The molecule has 1 fully saturated rings. The largest absolute Gasteiger partial charge is 0.392 e. The number of carbonyl (C=O) groups is 1. The minimum atomic E-state index is -2.01. The Labute approximate surface area is 279 Å². The molecule has 2 N–H and O–H groups in total. The first-order chi connectivity index (χ1) is 21.6. The Morgan fingerprint density at radius 1 is 0.822 bits per heavy atom. The zero-order chi connectivity index (χ0) is 32.0. The van der Waals surface area contributed by atoms with Gasteiger partial charge in [0.05, 0.1) is 18.8 Å². The number of alkyl halides is 3. The average molecular weight is 668 g/mol. The second-order valence-corrected chi connectivity index (χ2v) is 13.8. The van der Waals surface area contributed by atoms with Crippen LogP contribution in [0.2, 0.25) is 0 Å². The van der Waals surface area contributed by atoms with Gasteiger partial charge < -0.3 is 19.9 Å². The van der Waals surface area contributed by atoms with Gasteiger partial charge in [-0.3, -0.25) is 9.69 Å².